The minimum absolute atomic E-state index is 0.226. The van der Waals surface area contributed by atoms with Gasteiger partial charge in [0.05, 0.1) is 19.3 Å². The number of hydrogen-bond donors (Lipinski definition) is 1. The minimum Gasteiger partial charge on any atom is -0.379 e. The van der Waals surface area contributed by atoms with Crippen LogP contribution in [0.1, 0.15) is 39.4 Å². The second kappa shape index (κ2) is 9.87. The van der Waals surface area contributed by atoms with Crippen LogP contribution in [0.2, 0.25) is 0 Å². The fourth-order valence-electron chi connectivity index (χ4n) is 1.91. The van der Waals surface area contributed by atoms with Crippen LogP contribution in [-0.2, 0) is 9.47 Å². The van der Waals surface area contributed by atoms with Gasteiger partial charge in [-0.05, 0) is 12.0 Å². The highest BCUT2D eigenvalue weighted by molar-refractivity contribution is 5.20. The van der Waals surface area contributed by atoms with Crippen LogP contribution in [0.25, 0.3) is 0 Å². The molecule has 21 heavy (non-hydrogen) atoms. The molecule has 120 valence electrons. The highest BCUT2D eigenvalue weighted by Gasteiger charge is 2.16. The van der Waals surface area contributed by atoms with Gasteiger partial charge in [0.25, 0.3) is 0 Å². The van der Waals surface area contributed by atoms with E-state index in [4.69, 9.17) is 9.47 Å². The van der Waals surface area contributed by atoms with Gasteiger partial charge in [0.1, 0.15) is 5.82 Å². The molecule has 1 aromatic carbocycles. The van der Waals surface area contributed by atoms with E-state index in [0.717, 1.165) is 6.61 Å². The number of ether oxygens (including phenoxy) is 2. The van der Waals surface area contributed by atoms with Crippen molar-refractivity contribution in [3.8, 4) is 0 Å². The van der Waals surface area contributed by atoms with E-state index in [0.29, 0.717) is 37.3 Å². The summed E-state index contributed by atoms with van der Waals surface area (Å²) >= 11 is 0. The first-order chi connectivity index (χ1) is 10.0. The molecule has 1 aromatic rings. The third kappa shape index (κ3) is 7.55. The first kappa shape index (κ1) is 18.1. The lowest BCUT2D eigenvalue weighted by Crippen LogP contribution is -2.30. The molecule has 1 rings (SSSR count). The molecule has 0 aromatic heterocycles. The summed E-state index contributed by atoms with van der Waals surface area (Å²) in [5.74, 6) is 0.283. The summed E-state index contributed by atoms with van der Waals surface area (Å²) in [6.07, 6.45) is -0.295. The molecule has 1 N–H and O–H groups in total. The maximum absolute atomic E-state index is 13.9. The molecule has 0 bridgehead atoms. The Balaban J connectivity index is 2.51. The second-order valence-corrected chi connectivity index (χ2v) is 5.91. The first-order valence-corrected chi connectivity index (χ1v) is 7.67. The SMILES string of the molecule is CC(C)COCCOC(CNC(C)C)c1ccccc1F. The zero-order chi connectivity index (χ0) is 15.7. The summed E-state index contributed by atoms with van der Waals surface area (Å²) in [6.45, 7) is 10.6. The summed E-state index contributed by atoms with van der Waals surface area (Å²) in [5.41, 5.74) is 0.592. The van der Waals surface area contributed by atoms with Crippen molar-refractivity contribution in [2.45, 2.75) is 39.8 Å². The molecule has 0 amide bonds. The van der Waals surface area contributed by atoms with Gasteiger partial charge in [-0.15, -0.1) is 0 Å². The van der Waals surface area contributed by atoms with E-state index < -0.39 is 0 Å². The van der Waals surface area contributed by atoms with E-state index in [9.17, 15) is 4.39 Å². The Morgan fingerprint density at radius 1 is 1.10 bits per heavy atom. The van der Waals surface area contributed by atoms with Crippen molar-refractivity contribution in [2.24, 2.45) is 5.92 Å². The van der Waals surface area contributed by atoms with E-state index in [-0.39, 0.29) is 11.9 Å². The van der Waals surface area contributed by atoms with Gasteiger partial charge >= 0.3 is 0 Å². The Kier molecular flexibility index (Phi) is 8.50. The molecule has 1 unspecified atom stereocenters. The maximum Gasteiger partial charge on any atom is 0.129 e. The molecule has 0 heterocycles. The molecule has 0 saturated heterocycles. The fourth-order valence-corrected chi connectivity index (χ4v) is 1.91. The lowest BCUT2D eigenvalue weighted by atomic mass is 10.1. The molecule has 0 aliphatic carbocycles. The molecule has 0 aliphatic rings. The summed E-state index contributed by atoms with van der Waals surface area (Å²) in [6, 6.07) is 7.10. The quantitative estimate of drug-likeness (QED) is 0.670. The standard InChI is InChI=1S/C17H28FNO2/c1-13(2)12-20-9-10-21-17(11-19-14(3)4)15-7-5-6-8-16(15)18/h5-8,13-14,17,19H,9-12H2,1-4H3. The van der Waals surface area contributed by atoms with E-state index in [1.165, 1.54) is 6.07 Å². The van der Waals surface area contributed by atoms with Crippen molar-refractivity contribution in [2.75, 3.05) is 26.4 Å². The van der Waals surface area contributed by atoms with Crippen molar-refractivity contribution in [1.29, 1.82) is 0 Å². The van der Waals surface area contributed by atoms with E-state index in [1.807, 2.05) is 6.07 Å². The Hall–Kier alpha value is -0.970. The first-order valence-electron chi connectivity index (χ1n) is 7.67. The number of halogens is 1. The van der Waals surface area contributed by atoms with Crippen molar-refractivity contribution in [1.82, 2.24) is 5.32 Å². The smallest absolute Gasteiger partial charge is 0.129 e. The second-order valence-electron chi connectivity index (χ2n) is 5.91. The number of benzene rings is 1. The zero-order valence-corrected chi connectivity index (χ0v) is 13.6. The van der Waals surface area contributed by atoms with Crippen LogP contribution in [-0.4, -0.2) is 32.4 Å². The van der Waals surface area contributed by atoms with Gasteiger partial charge in [-0.3, -0.25) is 0 Å². The summed E-state index contributed by atoms with van der Waals surface area (Å²) < 4.78 is 25.2. The van der Waals surface area contributed by atoms with Crippen LogP contribution in [0, 0.1) is 11.7 Å². The monoisotopic (exact) mass is 297 g/mol. The average Bonchev–Trinajstić information content (AvgIpc) is 2.42. The fraction of sp³-hybridized carbons (Fsp3) is 0.647. The normalized spacial score (nSPS) is 13.1. The Bertz CT molecular complexity index is 396. The third-order valence-corrected chi connectivity index (χ3v) is 2.96. The molecule has 3 nitrogen and oxygen atoms in total. The van der Waals surface area contributed by atoms with Crippen molar-refractivity contribution < 1.29 is 13.9 Å². The van der Waals surface area contributed by atoms with E-state index in [1.54, 1.807) is 12.1 Å². The van der Waals surface area contributed by atoms with Gasteiger partial charge in [0, 0.05) is 24.8 Å². The lowest BCUT2D eigenvalue weighted by molar-refractivity contribution is -0.00314. The van der Waals surface area contributed by atoms with Crippen molar-refractivity contribution >= 4 is 0 Å². The summed E-state index contributed by atoms with van der Waals surface area (Å²) in [5, 5.41) is 3.30. The van der Waals surface area contributed by atoms with Crippen LogP contribution in [0.5, 0.6) is 0 Å². The van der Waals surface area contributed by atoms with Gasteiger partial charge in [-0.2, -0.15) is 0 Å². The molecule has 4 heteroatoms. The Morgan fingerprint density at radius 3 is 2.43 bits per heavy atom. The van der Waals surface area contributed by atoms with Crippen LogP contribution < -0.4 is 5.32 Å². The molecule has 1 atom stereocenters. The number of hydrogen-bond acceptors (Lipinski definition) is 3. The predicted molar refractivity (Wildman–Crippen MR) is 83.9 cm³/mol. The predicted octanol–water partition coefficient (Wildman–Crippen LogP) is 3.55. The molecule has 0 aliphatic heterocycles. The van der Waals surface area contributed by atoms with Gasteiger partial charge in [-0.1, -0.05) is 45.9 Å². The molecular formula is C17H28FNO2. The molecular weight excluding hydrogens is 269 g/mol. The Labute approximate surface area is 127 Å². The largest absolute Gasteiger partial charge is 0.379 e. The van der Waals surface area contributed by atoms with Gasteiger partial charge < -0.3 is 14.8 Å². The highest BCUT2D eigenvalue weighted by atomic mass is 19.1. The molecule has 0 spiro atoms. The summed E-state index contributed by atoms with van der Waals surface area (Å²) in [7, 11) is 0. The molecule has 0 fully saturated rings. The zero-order valence-electron chi connectivity index (χ0n) is 13.6. The minimum atomic E-state index is -0.295. The van der Waals surface area contributed by atoms with Crippen LogP contribution in [0.4, 0.5) is 4.39 Å². The maximum atomic E-state index is 13.9. The number of nitrogens with one attached hydrogen (secondary N) is 1. The van der Waals surface area contributed by atoms with Crippen LogP contribution in [0.15, 0.2) is 24.3 Å². The summed E-state index contributed by atoms with van der Waals surface area (Å²) in [4.78, 5) is 0. The van der Waals surface area contributed by atoms with Crippen molar-refractivity contribution in [3.05, 3.63) is 35.6 Å². The average molecular weight is 297 g/mol. The van der Waals surface area contributed by atoms with Crippen LogP contribution >= 0.6 is 0 Å². The van der Waals surface area contributed by atoms with Crippen molar-refractivity contribution in [3.63, 3.8) is 0 Å². The third-order valence-electron chi connectivity index (χ3n) is 2.96. The van der Waals surface area contributed by atoms with E-state index >= 15 is 0 Å². The van der Waals surface area contributed by atoms with E-state index in [2.05, 4.69) is 33.0 Å². The topological polar surface area (TPSA) is 30.5 Å². The lowest BCUT2D eigenvalue weighted by Gasteiger charge is -2.21. The highest BCUT2D eigenvalue weighted by Crippen LogP contribution is 2.20. The Morgan fingerprint density at radius 2 is 1.81 bits per heavy atom. The number of rotatable bonds is 10. The van der Waals surface area contributed by atoms with Gasteiger partial charge in [0.15, 0.2) is 0 Å². The molecule has 0 saturated carbocycles. The van der Waals surface area contributed by atoms with Gasteiger partial charge in [-0.25, -0.2) is 4.39 Å². The van der Waals surface area contributed by atoms with Crippen LogP contribution in [0.3, 0.4) is 0 Å². The molecule has 0 radical (unpaired) electrons. The van der Waals surface area contributed by atoms with Gasteiger partial charge in [0.2, 0.25) is 0 Å².